The number of nitrogens with zero attached hydrogens (tertiary/aromatic N) is 1. The first-order valence-electron chi connectivity index (χ1n) is 10.2. The fraction of sp³-hybridized carbons (Fsp3) is 0.684. The predicted molar refractivity (Wildman–Crippen MR) is 108 cm³/mol. The lowest BCUT2D eigenvalue weighted by Gasteiger charge is -2.30. The zero-order chi connectivity index (χ0) is 24.6. The molecule has 4 unspecified atom stereocenters. The smallest absolute Gasteiger partial charge is 0.326 e. The maximum absolute atomic E-state index is 13.1. The average Bonchev–Trinajstić information content (AvgIpc) is 3.18. The van der Waals surface area contributed by atoms with Gasteiger partial charge in [0.15, 0.2) is 0 Å². The third-order valence-corrected chi connectivity index (χ3v) is 5.11. The molecule has 13 nitrogen and oxygen atoms in total. The molecule has 1 saturated heterocycles. The van der Waals surface area contributed by atoms with Crippen LogP contribution in [-0.4, -0.2) is 86.6 Å². The van der Waals surface area contributed by atoms with E-state index in [0.29, 0.717) is 6.42 Å². The van der Waals surface area contributed by atoms with Gasteiger partial charge in [0.1, 0.15) is 18.1 Å². The number of nitrogens with one attached hydrogen (secondary N) is 2. The van der Waals surface area contributed by atoms with Gasteiger partial charge in [0.2, 0.25) is 17.7 Å². The third-order valence-electron chi connectivity index (χ3n) is 5.11. The maximum atomic E-state index is 13.1. The molecule has 32 heavy (non-hydrogen) atoms. The van der Waals surface area contributed by atoms with Gasteiger partial charge in [-0.05, 0) is 25.2 Å². The minimum atomic E-state index is -1.68. The molecule has 1 heterocycles. The Balaban J connectivity index is 2.99. The van der Waals surface area contributed by atoms with Crippen LogP contribution < -0.4 is 16.4 Å². The van der Waals surface area contributed by atoms with Crippen LogP contribution in [0.3, 0.4) is 0 Å². The molecule has 0 aromatic heterocycles. The van der Waals surface area contributed by atoms with Crippen molar-refractivity contribution in [3.05, 3.63) is 0 Å². The molecule has 0 bridgehead atoms. The number of likely N-dealkylation sites (tertiary alicyclic amines) is 1. The molecule has 3 amide bonds. The largest absolute Gasteiger partial charge is 0.481 e. The highest BCUT2D eigenvalue weighted by molar-refractivity contribution is 5.95. The second-order valence-corrected chi connectivity index (χ2v) is 7.95. The van der Waals surface area contributed by atoms with E-state index in [1.165, 1.54) is 0 Å². The number of carboxylic acid groups (broad SMARTS) is 3. The highest BCUT2D eigenvalue weighted by atomic mass is 16.4. The molecule has 1 aliphatic heterocycles. The Labute approximate surface area is 184 Å². The van der Waals surface area contributed by atoms with Crippen molar-refractivity contribution in [3.8, 4) is 0 Å². The summed E-state index contributed by atoms with van der Waals surface area (Å²) < 4.78 is 0. The summed E-state index contributed by atoms with van der Waals surface area (Å²) in [6.45, 7) is 3.54. The Morgan fingerprint density at radius 2 is 1.62 bits per heavy atom. The SMILES string of the molecule is CC(C)C(N)C(=O)NC(CCC(=O)O)C(=O)N1CCCC1C(=O)NC(CC(=O)O)C(=O)O. The van der Waals surface area contributed by atoms with Gasteiger partial charge in [-0.15, -0.1) is 0 Å². The molecule has 0 aliphatic carbocycles. The Hall–Kier alpha value is -3.22. The zero-order valence-corrected chi connectivity index (χ0v) is 17.9. The zero-order valence-electron chi connectivity index (χ0n) is 17.9. The van der Waals surface area contributed by atoms with Crippen molar-refractivity contribution in [3.63, 3.8) is 0 Å². The van der Waals surface area contributed by atoms with Crippen molar-refractivity contribution in [2.45, 2.75) is 70.1 Å². The number of carbonyl (C=O) groups excluding carboxylic acids is 3. The van der Waals surface area contributed by atoms with Crippen LogP contribution in [0.25, 0.3) is 0 Å². The minimum Gasteiger partial charge on any atom is -0.481 e. The maximum Gasteiger partial charge on any atom is 0.326 e. The molecular weight excluding hydrogens is 428 g/mol. The summed E-state index contributed by atoms with van der Waals surface area (Å²) in [6, 6.07) is -4.93. The number of hydrogen-bond donors (Lipinski definition) is 6. The van der Waals surface area contributed by atoms with Crippen molar-refractivity contribution >= 4 is 35.6 Å². The number of aliphatic carboxylic acids is 3. The van der Waals surface area contributed by atoms with Crippen molar-refractivity contribution in [1.29, 1.82) is 0 Å². The molecule has 180 valence electrons. The lowest BCUT2D eigenvalue weighted by molar-refractivity contribution is -0.148. The molecule has 0 saturated carbocycles. The number of hydrogen-bond acceptors (Lipinski definition) is 7. The quantitative estimate of drug-likeness (QED) is 0.196. The molecule has 0 radical (unpaired) electrons. The van der Waals surface area contributed by atoms with Gasteiger partial charge in [-0.25, -0.2) is 4.79 Å². The number of carbonyl (C=O) groups is 6. The van der Waals surface area contributed by atoms with E-state index in [2.05, 4.69) is 10.6 Å². The normalized spacial score (nSPS) is 18.5. The molecule has 0 aromatic carbocycles. The minimum absolute atomic E-state index is 0.128. The van der Waals surface area contributed by atoms with Crippen LogP contribution in [0, 0.1) is 5.92 Å². The summed E-state index contributed by atoms with van der Waals surface area (Å²) in [5, 5.41) is 31.5. The van der Waals surface area contributed by atoms with Gasteiger partial charge in [-0.2, -0.15) is 0 Å². The molecular formula is C19H30N4O9. The highest BCUT2D eigenvalue weighted by Gasteiger charge is 2.39. The first kappa shape index (κ1) is 26.8. The lowest BCUT2D eigenvalue weighted by Crippen LogP contribution is -2.57. The average molecular weight is 458 g/mol. The first-order valence-corrected chi connectivity index (χ1v) is 10.2. The van der Waals surface area contributed by atoms with Crippen LogP contribution in [-0.2, 0) is 28.8 Å². The Kier molecular flexibility index (Phi) is 10.0. The van der Waals surface area contributed by atoms with E-state index in [1.807, 2.05) is 0 Å². The second-order valence-electron chi connectivity index (χ2n) is 7.95. The molecule has 1 rings (SSSR count). The van der Waals surface area contributed by atoms with Gasteiger partial charge < -0.3 is 36.6 Å². The van der Waals surface area contributed by atoms with E-state index in [4.69, 9.17) is 21.1 Å². The van der Waals surface area contributed by atoms with Crippen molar-refractivity contribution in [2.75, 3.05) is 6.54 Å². The molecule has 1 aliphatic rings. The summed E-state index contributed by atoms with van der Waals surface area (Å²) in [4.78, 5) is 72.2. The summed E-state index contributed by atoms with van der Waals surface area (Å²) in [5.74, 6) is -6.56. The van der Waals surface area contributed by atoms with Gasteiger partial charge >= 0.3 is 17.9 Å². The fourth-order valence-electron chi connectivity index (χ4n) is 3.24. The molecule has 0 spiro atoms. The standard InChI is InChI=1S/C19H30N4O9/c1-9(2)15(20)17(29)21-10(5-6-13(24)25)18(30)23-7-3-4-12(23)16(28)22-11(19(31)32)8-14(26)27/h9-12,15H,3-8,20H2,1-2H3,(H,21,29)(H,22,28)(H,24,25)(H,26,27)(H,31,32). The molecule has 0 aromatic rings. The first-order chi connectivity index (χ1) is 14.8. The van der Waals surface area contributed by atoms with Crippen molar-refractivity contribution in [1.82, 2.24) is 15.5 Å². The van der Waals surface area contributed by atoms with Gasteiger partial charge in [-0.3, -0.25) is 24.0 Å². The second kappa shape index (κ2) is 12.0. The summed E-state index contributed by atoms with van der Waals surface area (Å²) in [5.41, 5.74) is 5.80. The molecule has 4 atom stereocenters. The third kappa shape index (κ3) is 7.80. The van der Waals surface area contributed by atoms with E-state index in [1.54, 1.807) is 13.8 Å². The highest BCUT2D eigenvalue weighted by Crippen LogP contribution is 2.20. The van der Waals surface area contributed by atoms with Gasteiger partial charge in [-0.1, -0.05) is 13.8 Å². The summed E-state index contributed by atoms with van der Waals surface area (Å²) in [6.07, 6.45) is -0.885. The van der Waals surface area contributed by atoms with E-state index in [9.17, 15) is 28.8 Å². The van der Waals surface area contributed by atoms with Crippen LogP contribution in [0.1, 0.15) is 46.0 Å². The Morgan fingerprint density at radius 1 is 1.00 bits per heavy atom. The molecule has 1 fully saturated rings. The van der Waals surface area contributed by atoms with E-state index < -0.39 is 72.6 Å². The molecule has 7 N–H and O–H groups in total. The summed E-state index contributed by atoms with van der Waals surface area (Å²) >= 11 is 0. The lowest BCUT2D eigenvalue weighted by atomic mass is 10.0. The van der Waals surface area contributed by atoms with Gasteiger partial charge in [0.05, 0.1) is 12.5 Å². The number of carboxylic acids is 3. The van der Waals surface area contributed by atoms with Crippen LogP contribution >= 0.6 is 0 Å². The van der Waals surface area contributed by atoms with Crippen molar-refractivity contribution in [2.24, 2.45) is 11.7 Å². The predicted octanol–water partition coefficient (Wildman–Crippen LogP) is -1.65. The number of rotatable bonds is 12. The van der Waals surface area contributed by atoms with Crippen LogP contribution in [0.15, 0.2) is 0 Å². The van der Waals surface area contributed by atoms with E-state index in [-0.39, 0.29) is 25.3 Å². The van der Waals surface area contributed by atoms with E-state index >= 15 is 0 Å². The van der Waals surface area contributed by atoms with Crippen molar-refractivity contribution < 1.29 is 44.1 Å². The van der Waals surface area contributed by atoms with Gasteiger partial charge in [0.25, 0.3) is 0 Å². The van der Waals surface area contributed by atoms with Crippen LogP contribution in [0.5, 0.6) is 0 Å². The van der Waals surface area contributed by atoms with Crippen LogP contribution in [0.2, 0.25) is 0 Å². The Bertz CT molecular complexity index is 755. The molecule has 13 heteroatoms. The fourth-order valence-corrected chi connectivity index (χ4v) is 3.24. The summed E-state index contributed by atoms with van der Waals surface area (Å²) in [7, 11) is 0. The number of nitrogens with two attached hydrogens (primary N) is 1. The monoisotopic (exact) mass is 458 g/mol. The van der Waals surface area contributed by atoms with Gasteiger partial charge in [0, 0.05) is 13.0 Å². The van der Waals surface area contributed by atoms with Crippen LogP contribution in [0.4, 0.5) is 0 Å². The topological polar surface area (TPSA) is 216 Å². The Morgan fingerprint density at radius 3 is 2.12 bits per heavy atom. The number of amides is 3. The van der Waals surface area contributed by atoms with E-state index in [0.717, 1.165) is 4.90 Å².